The van der Waals surface area contributed by atoms with E-state index in [0.29, 0.717) is 41.4 Å². The Morgan fingerprint density at radius 1 is 1.33 bits per heavy atom. The van der Waals surface area contributed by atoms with Gasteiger partial charge in [-0.05, 0) is 30.9 Å². The Bertz CT molecular complexity index is 1010. The van der Waals surface area contributed by atoms with Gasteiger partial charge in [0.15, 0.2) is 0 Å². The predicted octanol–water partition coefficient (Wildman–Crippen LogP) is 1.83. The number of ether oxygens (including phenoxy) is 1. The average molecular weight is 411 g/mol. The van der Waals surface area contributed by atoms with Gasteiger partial charge in [0.2, 0.25) is 0 Å². The van der Waals surface area contributed by atoms with Crippen LogP contribution in [-0.2, 0) is 9.59 Å². The molecule has 0 aromatic carbocycles. The van der Waals surface area contributed by atoms with Gasteiger partial charge in [-0.1, -0.05) is 6.92 Å². The van der Waals surface area contributed by atoms with Crippen LogP contribution >= 0.6 is 0 Å². The Morgan fingerprint density at radius 2 is 2.17 bits per heavy atom. The van der Waals surface area contributed by atoms with E-state index in [1.165, 1.54) is 12.4 Å². The summed E-state index contributed by atoms with van der Waals surface area (Å²) in [6.45, 7) is 3.32. The van der Waals surface area contributed by atoms with E-state index in [1.807, 2.05) is 12.1 Å². The number of carbonyl (C=O) groups is 2. The number of fused-ring (bicyclic) bond motifs is 1. The van der Waals surface area contributed by atoms with Crippen LogP contribution in [0.1, 0.15) is 19.8 Å². The van der Waals surface area contributed by atoms with Gasteiger partial charge < -0.3 is 20.7 Å². The molecule has 3 aromatic rings. The highest BCUT2D eigenvalue weighted by atomic mass is 16.5. The molecule has 2 amide bonds. The number of methoxy groups -OCH3 is 1. The van der Waals surface area contributed by atoms with Crippen LogP contribution in [0.4, 0.5) is 11.5 Å². The number of anilines is 2. The summed E-state index contributed by atoms with van der Waals surface area (Å²) in [6.07, 6.45) is 8.33. The number of hydrogen-bond donors (Lipinski definition) is 3. The van der Waals surface area contributed by atoms with Crippen molar-refractivity contribution in [2.24, 2.45) is 5.92 Å². The van der Waals surface area contributed by atoms with Gasteiger partial charge in [0.05, 0.1) is 42.3 Å². The molecule has 1 atom stereocenters. The number of H-pyrrole nitrogens is 1. The van der Waals surface area contributed by atoms with E-state index >= 15 is 0 Å². The summed E-state index contributed by atoms with van der Waals surface area (Å²) >= 11 is 0. The molecule has 4 heterocycles. The predicted molar refractivity (Wildman–Crippen MR) is 113 cm³/mol. The number of carbonyl (C=O) groups excluding carboxylic acids is 2. The largest absolute Gasteiger partial charge is 0.495 e. The van der Waals surface area contributed by atoms with Crippen molar-refractivity contribution in [1.29, 1.82) is 0 Å². The molecule has 0 bridgehead atoms. The molecule has 30 heavy (non-hydrogen) atoms. The Hall–Kier alpha value is -3.69. The highest BCUT2D eigenvalue weighted by Gasteiger charge is 2.26. The van der Waals surface area contributed by atoms with E-state index < -0.39 is 11.8 Å². The van der Waals surface area contributed by atoms with Crippen LogP contribution in [0.2, 0.25) is 0 Å². The van der Waals surface area contributed by atoms with Gasteiger partial charge in [0.1, 0.15) is 11.6 Å². The quantitative estimate of drug-likeness (QED) is 0.547. The number of nitrogens with two attached hydrogens (primary N) is 1. The zero-order valence-electron chi connectivity index (χ0n) is 17.0. The van der Waals surface area contributed by atoms with Crippen LogP contribution < -0.4 is 15.8 Å². The van der Waals surface area contributed by atoms with Crippen molar-refractivity contribution in [1.82, 2.24) is 25.1 Å². The number of nitrogens with zero attached hydrogens (tertiary/aromatic N) is 4. The second kappa shape index (κ2) is 9.68. The number of amides is 2. The van der Waals surface area contributed by atoms with Crippen LogP contribution in [0, 0.1) is 5.92 Å². The molecule has 1 fully saturated rings. The molecular weight excluding hydrogens is 386 g/mol. The van der Waals surface area contributed by atoms with Gasteiger partial charge in [0, 0.05) is 19.3 Å². The number of likely N-dealkylation sites (tertiary alicyclic amines) is 1. The lowest BCUT2D eigenvalue weighted by Gasteiger charge is -2.30. The van der Waals surface area contributed by atoms with Gasteiger partial charge in [-0.2, -0.15) is 5.10 Å². The molecule has 1 saturated heterocycles. The number of pyridine rings is 2. The fourth-order valence-electron chi connectivity index (χ4n) is 3.21. The maximum Gasteiger partial charge on any atom is 0.314 e. The minimum Gasteiger partial charge on any atom is -0.495 e. The monoisotopic (exact) mass is 411 g/mol. The first-order valence-electron chi connectivity index (χ1n) is 9.61. The number of aromatic amines is 1. The van der Waals surface area contributed by atoms with Crippen LogP contribution in [-0.4, -0.2) is 57.1 Å². The van der Waals surface area contributed by atoms with E-state index in [4.69, 9.17) is 10.5 Å². The zero-order valence-corrected chi connectivity index (χ0v) is 17.0. The molecule has 1 unspecified atom stereocenters. The topological polar surface area (TPSA) is 139 Å². The molecule has 4 rings (SSSR count). The third-order valence-electron chi connectivity index (χ3n) is 4.77. The minimum atomic E-state index is -0.670. The van der Waals surface area contributed by atoms with Gasteiger partial charge in [-0.25, -0.2) is 4.98 Å². The summed E-state index contributed by atoms with van der Waals surface area (Å²) in [5.41, 5.74) is 6.68. The Morgan fingerprint density at radius 3 is 2.83 bits per heavy atom. The number of nitrogens with one attached hydrogen (secondary N) is 2. The Kier molecular flexibility index (Phi) is 6.79. The molecule has 4 N–H and O–H groups in total. The Labute approximate surface area is 173 Å². The lowest BCUT2D eigenvalue weighted by atomic mass is 10.0. The Balaban J connectivity index is 0.000000269. The average Bonchev–Trinajstić information content (AvgIpc) is 3.27. The molecule has 10 heteroatoms. The number of rotatable bonds is 2. The third-order valence-corrected chi connectivity index (χ3v) is 4.77. The highest BCUT2D eigenvalue weighted by Crippen LogP contribution is 2.24. The van der Waals surface area contributed by atoms with Crippen molar-refractivity contribution in [3.05, 3.63) is 36.9 Å². The summed E-state index contributed by atoms with van der Waals surface area (Å²) < 4.78 is 4.85. The molecular formula is C20H25N7O3. The summed E-state index contributed by atoms with van der Waals surface area (Å²) in [5, 5.41) is 9.83. The summed E-state index contributed by atoms with van der Waals surface area (Å²) in [6, 6.07) is 3.69. The number of piperidine rings is 1. The number of hydrogen-bond acceptors (Lipinski definition) is 7. The first-order valence-corrected chi connectivity index (χ1v) is 9.61. The van der Waals surface area contributed by atoms with E-state index in [1.54, 1.807) is 24.4 Å². The molecule has 1 aliphatic rings. The number of nitrogen functional groups attached to an aromatic ring is 1. The van der Waals surface area contributed by atoms with Crippen LogP contribution in [0.25, 0.3) is 10.9 Å². The smallest absolute Gasteiger partial charge is 0.314 e. The molecule has 0 aliphatic carbocycles. The standard InChI is InChI=1S/C14H18N6O2.C6H7NO/c1-8-3-2-4-20(7-8)14(22)13(21)18-10-6-16-12(15)9-5-17-19-11(9)10;1-8-6-3-2-4-7-5-6/h5-6,8H,2-4,7H2,1H3,(H2,15,16)(H,17,19)(H,18,21);2-5H,1H3. The summed E-state index contributed by atoms with van der Waals surface area (Å²) in [5.74, 6) is 0.348. The van der Waals surface area contributed by atoms with Crippen molar-refractivity contribution < 1.29 is 14.3 Å². The lowest BCUT2D eigenvalue weighted by Crippen LogP contribution is -2.44. The van der Waals surface area contributed by atoms with Crippen LogP contribution in [0.3, 0.4) is 0 Å². The fourth-order valence-corrected chi connectivity index (χ4v) is 3.21. The normalized spacial score (nSPS) is 15.8. The van der Waals surface area contributed by atoms with Crippen molar-refractivity contribution in [2.45, 2.75) is 19.8 Å². The van der Waals surface area contributed by atoms with Gasteiger partial charge in [0.25, 0.3) is 0 Å². The zero-order chi connectivity index (χ0) is 21.5. The molecule has 0 radical (unpaired) electrons. The summed E-state index contributed by atoms with van der Waals surface area (Å²) in [7, 11) is 1.62. The highest BCUT2D eigenvalue weighted by molar-refractivity contribution is 6.40. The first kappa shape index (κ1) is 21.0. The van der Waals surface area contributed by atoms with Gasteiger partial charge in [-0.3, -0.25) is 19.7 Å². The SMILES string of the molecule is CC1CCCN(C(=O)C(=O)Nc2cnc(N)c3cn[nH]c23)C1.COc1cccnc1. The van der Waals surface area contributed by atoms with E-state index in [0.717, 1.165) is 18.6 Å². The fraction of sp³-hybridized carbons (Fsp3) is 0.350. The maximum atomic E-state index is 12.2. The molecule has 1 aliphatic heterocycles. The van der Waals surface area contributed by atoms with Gasteiger partial charge in [-0.15, -0.1) is 0 Å². The van der Waals surface area contributed by atoms with Crippen molar-refractivity contribution in [2.75, 3.05) is 31.2 Å². The van der Waals surface area contributed by atoms with E-state index in [-0.39, 0.29) is 0 Å². The second-order valence-corrected chi connectivity index (χ2v) is 7.06. The molecule has 0 saturated carbocycles. The maximum absolute atomic E-state index is 12.2. The van der Waals surface area contributed by atoms with E-state index in [9.17, 15) is 9.59 Å². The van der Waals surface area contributed by atoms with Crippen molar-refractivity contribution in [3.8, 4) is 5.75 Å². The molecule has 10 nitrogen and oxygen atoms in total. The van der Waals surface area contributed by atoms with Crippen LogP contribution in [0.5, 0.6) is 5.75 Å². The third kappa shape index (κ3) is 5.02. The second-order valence-electron chi connectivity index (χ2n) is 7.06. The van der Waals surface area contributed by atoms with Gasteiger partial charge >= 0.3 is 11.8 Å². The van der Waals surface area contributed by atoms with Crippen molar-refractivity contribution >= 4 is 34.2 Å². The van der Waals surface area contributed by atoms with Crippen molar-refractivity contribution in [3.63, 3.8) is 0 Å². The number of aromatic nitrogens is 4. The first-order chi connectivity index (χ1) is 14.5. The molecule has 0 spiro atoms. The molecule has 3 aromatic heterocycles. The van der Waals surface area contributed by atoms with Crippen LogP contribution in [0.15, 0.2) is 36.9 Å². The lowest BCUT2D eigenvalue weighted by molar-refractivity contribution is -0.144. The minimum absolute atomic E-state index is 0.318. The van der Waals surface area contributed by atoms with E-state index in [2.05, 4.69) is 32.4 Å². The summed E-state index contributed by atoms with van der Waals surface area (Å²) in [4.78, 5) is 33.8. The molecule has 158 valence electrons.